The van der Waals surface area contributed by atoms with E-state index in [2.05, 4.69) is 81.5 Å². The molecule has 2 atom stereocenters. The molecule has 0 saturated carbocycles. The predicted molar refractivity (Wildman–Crippen MR) is 123 cm³/mol. The van der Waals surface area contributed by atoms with Crippen molar-refractivity contribution in [1.82, 2.24) is 0 Å². The van der Waals surface area contributed by atoms with Crippen LogP contribution in [0.2, 0.25) is 0 Å². The first-order chi connectivity index (χ1) is 13.9. The van der Waals surface area contributed by atoms with Gasteiger partial charge in [-0.3, -0.25) is 4.79 Å². The molecule has 146 valence electrons. The number of rotatable bonds is 4. The second-order valence-corrected chi connectivity index (χ2v) is 9.54. The molecule has 2 unspecified atom stereocenters. The number of carbonyl (C=O) groups excluding carboxylic acids is 1. The third-order valence-electron chi connectivity index (χ3n) is 5.57. The van der Waals surface area contributed by atoms with Gasteiger partial charge in [-0.15, -0.1) is 11.3 Å². The SMILES string of the molecule is CC(C)(C)C1=CC(c2ccccc2)=CC(c2ccccc2)C1C(=O)c1cccs1. The first-order valence-corrected chi connectivity index (χ1v) is 10.9. The summed E-state index contributed by atoms with van der Waals surface area (Å²) in [5.41, 5.74) is 4.66. The summed E-state index contributed by atoms with van der Waals surface area (Å²) in [6.45, 7) is 6.64. The summed E-state index contributed by atoms with van der Waals surface area (Å²) in [6.07, 6.45) is 4.54. The van der Waals surface area contributed by atoms with Crippen LogP contribution in [0, 0.1) is 11.3 Å². The smallest absolute Gasteiger partial charge is 0.180 e. The van der Waals surface area contributed by atoms with E-state index in [4.69, 9.17) is 0 Å². The van der Waals surface area contributed by atoms with Crippen LogP contribution in [-0.4, -0.2) is 5.78 Å². The molecule has 0 amide bonds. The molecule has 0 N–H and O–H groups in total. The van der Waals surface area contributed by atoms with E-state index in [1.165, 1.54) is 33.6 Å². The van der Waals surface area contributed by atoms with Gasteiger partial charge in [-0.25, -0.2) is 0 Å². The van der Waals surface area contributed by atoms with Crippen LogP contribution in [-0.2, 0) is 0 Å². The normalized spacial score (nSPS) is 19.4. The average molecular weight is 399 g/mol. The average Bonchev–Trinajstić information content (AvgIpc) is 3.28. The van der Waals surface area contributed by atoms with Crippen molar-refractivity contribution in [3.05, 3.63) is 112 Å². The molecule has 2 heteroatoms. The van der Waals surface area contributed by atoms with Crippen molar-refractivity contribution in [1.29, 1.82) is 0 Å². The zero-order chi connectivity index (χ0) is 20.4. The highest BCUT2D eigenvalue weighted by molar-refractivity contribution is 7.12. The Morgan fingerprint density at radius 2 is 1.52 bits per heavy atom. The summed E-state index contributed by atoms with van der Waals surface area (Å²) < 4.78 is 0. The number of ketones is 1. The number of allylic oxidation sites excluding steroid dienone is 4. The van der Waals surface area contributed by atoms with Crippen LogP contribution in [0.5, 0.6) is 0 Å². The van der Waals surface area contributed by atoms with Crippen LogP contribution in [0.4, 0.5) is 0 Å². The van der Waals surface area contributed by atoms with Crippen LogP contribution < -0.4 is 0 Å². The Morgan fingerprint density at radius 1 is 0.862 bits per heavy atom. The Hall–Kier alpha value is -2.71. The molecule has 1 aliphatic rings. The fraction of sp³-hybridized carbons (Fsp3) is 0.222. The maximum Gasteiger partial charge on any atom is 0.180 e. The number of thiophene rings is 1. The number of hydrogen-bond acceptors (Lipinski definition) is 2. The third kappa shape index (κ3) is 4.04. The molecule has 1 nitrogen and oxygen atoms in total. The van der Waals surface area contributed by atoms with E-state index in [0.717, 1.165) is 4.88 Å². The van der Waals surface area contributed by atoms with Gasteiger partial charge in [-0.2, -0.15) is 0 Å². The van der Waals surface area contributed by atoms with Crippen LogP contribution >= 0.6 is 11.3 Å². The van der Waals surface area contributed by atoms with Crippen LogP contribution in [0.3, 0.4) is 0 Å². The Balaban J connectivity index is 1.90. The summed E-state index contributed by atoms with van der Waals surface area (Å²) in [4.78, 5) is 14.5. The monoisotopic (exact) mass is 398 g/mol. The molecule has 0 radical (unpaired) electrons. The van der Waals surface area contributed by atoms with E-state index in [-0.39, 0.29) is 23.0 Å². The van der Waals surface area contributed by atoms with Gasteiger partial charge in [0.25, 0.3) is 0 Å². The van der Waals surface area contributed by atoms with E-state index in [1.54, 1.807) is 0 Å². The van der Waals surface area contributed by atoms with Crippen molar-refractivity contribution in [2.45, 2.75) is 26.7 Å². The molecule has 0 fully saturated rings. The molecule has 0 aliphatic heterocycles. The summed E-state index contributed by atoms with van der Waals surface area (Å²) in [6, 6.07) is 24.8. The van der Waals surface area contributed by atoms with E-state index in [9.17, 15) is 4.79 Å². The number of benzene rings is 2. The summed E-state index contributed by atoms with van der Waals surface area (Å²) in [5, 5.41) is 1.99. The van der Waals surface area contributed by atoms with Gasteiger partial charge in [-0.1, -0.05) is 105 Å². The molecule has 2 aromatic carbocycles. The minimum Gasteiger partial charge on any atom is -0.293 e. The zero-order valence-corrected chi connectivity index (χ0v) is 17.9. The number of hydrogen-bond donors (Lipinski definition) is 0. The zero-order valence-electron chi connectivity index (χ0n) is 17.1. The van der Waals surface area contributed by atoms with Crippen molar-refractivity contribution in [2.24, 2.45) is 11.3 Å². The van der Waals surface area contributed by atoms with Crippen molar-refractivity contribution in [3.63, 3.8) is 0 Å². The van der Waals surface area contributed by atoms with Gasteiger partial charge in [0.15, 0.2) is 5.78 Å². The van der Waals surface area contributed by atoms with E-state index >= 15 is 0 Å². The van der Waals surface area contributed by atoms with Crippen molar-refractivity contribution in [2.75, 3.05) is 0 Å². The van der Waals surface area contributed by atoms with E-state index < -0.39 is 0 Å². The highest BCUT2D eigenvalue weighted by Crippen LogP contribution is 2.47. The maximum absolute atomic E-state index is 13.7. The molecule has 1 aromatic heterocycles. The molecular weight excluding hydrogens is 372 g/mol. The van der Waals surface area contributed by atoms with Gasteiger partial charge < -0.3 is 0 Å². The topological polar surface area (TPSA) is 17.1 Å². The van der Waals surface area contributed by atoms with Crippen LogP contribution in [0.25, 0.3) is 5.57 Å². The van der Waals surface area contributed by atoms with Gasteiger partial charge in [0, 0.05) is 5.92 Å². The lowest BCUT2D eigenvalue weighted by atomic mass is 9.66. The standard InChI is InChI=1S/C27H26OS/c1-27(2,3)23-18-21(19-11-6-4-7-12-19)17-22(20-13-8-5-9-14-20)25(23)26(28)24-15-10-16-29-24/h4-18,22,25H,1-3H3. The molecule has 0 bridgehead atoms. The first-order valence-electron chi connectivity index (χ1n) is 10.1. The number of Topliss-reactive ketones (excluding diaryl/α,β-unsaturated/α-hetero) is 1. The number of carbonyl (C=O) groups is 1. The molecular formula is C27H26OS. The lowest BCUT2D eigenvalue weighted by Crippen LogP contribution is -2.31. The summed E-state index contributed by atoms with van der Waals surface area (Å²) >= 11 is 1.53. The van der Waals surface area contributed by atoms with Crippen molar-refractivity contribution < 1.29 is 4.79 Å². The predicted octanol–water partition coefficient (Wildman–Crippen LogP) is 7.40. The Morgan fingerprint density at radius 3 is 2.10 bits per heavy atom. The van der Waals surface area contributed by atoms with E-state index in [1.807, 2.05) is 29.6 Å². The van der Waals surface area contributed by atoms with Gasteiger partial charge in [-0.05, 0) is 33.6 Å². The van der Waals surface area contributed by atoms with Crippen LogP contribution in [0.15, 0.2) is 95.9 Å². The maximum atomic E-state index is 13.7. The lowest BCUT2D eigenvalue weighted by molar-refractivity contribution is 0.0922. The Bertz CT molecular complexity index is 1030. The quantitative estimate of drug-likeness (QED) is 0.418. The van der Waals surface area contributed by atoms with Gasteiger partial charge >= 0.3 is 0 Å². The molecule has 0 saturated heterocycles. The first kappa shape index (κ1) is 19.6. The fourth-order valence-electron chi connectivity index (χ4n) is 4.12. The highest BCUT2D eigenvalue weighted by Gasteiger charge is 2.39. The summed E-state index contributed by atoms with van der Waals surface area (Å²) in [5.74, 6) is 0.0436. The van der Waals surface area contributed by atoms with Gasteiger partial charge in [0.05, 0.1) is 10.8 Å². The van der Waals surface area contributed by atoms with Crippen molar-refractivity contribution in [3.8, 4) is 0 Å². The second-order valence-electron chi connectivity index (χ2n) is 8.59. The lowest BCUT2D eigenvalue weighted by Gasteiger charge is -2.37. The van der Waals surface area contributed by atoms with Crippen LogP contribution in [0.1, 0.15) is 47.5 Å². The minimum absolute atomic E-state index is 0.0141. The van der Waals surface area contributed by atoms with Gasteiger partial charge in [0.1, 0.15) is 0 Å². The molecule has 3 aromatic rings. The summed E-state index contributed by atoms with van der Waals surface area (Å²) in [7, 11) is 0. The fourth-order valence-corrected chi connectivity index (χ4v) is 4.83. The Labute approximate surface area is 177 Å². The largest absolute Gasteiger partial charge is 0.293 e. The molecule has 4 rings (SSSR count). The molecule has 1 aliphatic carbocycles. The second kappa shape index (κ2) is 7.96. The third-order valence-corrected chi connectivity index (χ3v) is 6.45. The molecule has 1 heterocycles. The molecule has 0 spiro atoms. The minimum atomic E-state index is -0.191. The highest BCUT2D eigenvalue weighted by atomic mass is 32.1. The molecule has 29 heavy (non-hydrogen) atoms. The Kier molecular flexibility index (Phi) is 5.38. The van der Waals surface area contributed by atoms with Crippen molar-refractivity contribution >= 4 is 22.7 Å². The van der Waals surface area contributed by atoms with Gasteiger partial charge in [0.2, 0.25) is 0 Å². The van der Waals surface area contributed by atoms with E-state index in [0.29, 0.717) is 0 Å².